The number of hydrogen-bond donors (Lipinski definition) is 1. The number of carbonyl (C=O) groups excluding carboxylic acids is 2. The maximum Gasteiger partial charge on any atom is 0.328 e. The van der Waals surface area contributed by atoms with Gasteiger partial charge in [0, 0.05) is 0 Å². The first-order valence-electron chi connectivity index (χ1n) is 6.53. The zero-order chi connectivity index (χ0) is 15.1. The number of halogens is 1. The summed E-state index contributed by atoms with van der Waals surface area (Å²) in [6.45, 7) is 3.98. The molecule has 0 aromatic heterocycles. The third kappa shape index (κ3) is 4.96. The molecule has 0 fully saturated rings. The highest BCUT2D eigenvalue weighted by Gasteiger charge is 2.26. The van der Waals surface area contributed by atoms with Gasteiger partial charge in [-0.25, -0.2) is 4.79 Å². The number of ether oxygens (including phenoxy) is 1. The maximum atomic E-state index is 12.2. The molecule has 0 spiro atoms. The lowest BCUT2D eigenvalue weighted by Gasteiger charge is -2.20. The summed E-state index contributed by atoms with van der Waals surface area (Å²) in [5, 5.41) is 2.74. The quantitative estimate of drug-likeness (QED) is 0.639. The van der Waals surface area contributed by atoms with Crippen molar-refractivity contribution in [2.24, 2.45) is 5.92 Å². The Labute approximate surface area is 128 Å². The van der Waals surface area contributed by atoms with Crippen LogP contribution >= 0.6 is 15.9 Å². The van der Waals surface area contributed by atoms with Crippen molar-refractivity contribution < 1.29 is 14.3 Å². The number of carbonyl (C=O) groups is 2. The summed E-state index contributed by atoms with van der Waals surface area (Å²) in [5.74, 6) is -0.378. The van der Waals surface area contributed by atoms with Gasteiger partial charge in [-0.2, -0.15) is 0 Å². The van der Waals surface area contributed by atoms with Crippen molar-refractivity contribution in [3.05, 3.63) is 35.9 Å². The van der Waals surface area contributed by atoms with Crippen LogP contribution in [0.15, 0.2) is 30.3 Å². The van der Waals surface area contributed by atoms with Crippen molar-refractivity contribution in [3.8, 4) is 0 Å². The van der Waals surface area contributed by atoms with Gasteiger partial charge in [-0.1, -0.05) is 60.1 Å². The van der Waals surface area contributed by atoms with Crippen LogP contribution in [0.3, 0.4) is 0 Å². The van der Waals surface area contributed by atoms with Gasteiger partial charge in [-0.15, -0.1) is 0 Å². The van der Waals surface area contributed by atoms with E-state index >= 15 is 0 Å². The van der Waals surface area contributed by atoms with Gasteiger partial charge in [0.15, 0.2) is 0 Å². The Morgan fingerprint density at radius 3 is 2.35 bits per heavy atom. The number of benzene rings is 1. The molecule has 0 saturated carbocycles. The normalized spacial score (nSPS) is 13.7. The van der Waals surface area contributed by atoms with Crippen LogP contribution in [0.2, 0.25) is 0 Å². The molecular formula is C15H20BrNO3. The first kappa shape index (κ1) is 16.7. The van der Waals surface area contributed by atoms with Crippen LogP contribution in [-0.2, 0) is 14.3 Å². The van der Waals surface area contributed by atoms with Gasteiger partial charge >= 0.3 is 5.97 Å². The van der Waals surface area contributed by atoms with Crippen LogP contribution in [0.5, 0.6) is 0 Å². The van der Waals surface area contributed by atoms with Gasteiger partial charge < -0.3 is 10.1 Å². The van der Waals surface area contributed by atoms with Gasteiger partial charge in [0.25, 0.3) is 0 Å². The summed E-state index contributed by atoms with van der Waals surface area (Å²) in [5.41, 5.74) is 0.846. The van der Waals surface area contributed by atoms with E-state index in [4.69, 9.17) is 4.74 Å². The molecular weight excluding hydrogens is 322 g/mol. The molecule has 0 bridgehead atoms. The third-order valence-electron chi connectivity index (χ3n) is 2.83. The highest BCUT2D eigenvalue weighted by molar-refractivity contribution is 9.09. The number of rotatable bonds is 6. The summed E-state index contributed by atoms with van der Waals surface area (Å²) in [4.78, 5) is 23.4. The SMILES string of the molecule is COC(=O)[C@H](CC(C)C)NC(=O)C(Br)c1ccccc1. The van der Waals surface area contributed by atoms with Crippen LogP contribution in [0.4, 0.5) is 0 Å². The Hall–Kier alpha value is -1.36. The largest absolute Gasteiger partial charge is 0.467 e. The molecule has 5 heteroatoms. The predicted molar refractivity (Wildman–Crippen MR) is 81.5 cm³/mol. The van der Waals surface area contributed by atoms with E-state index in [0.717, 1.165) is 5.56 Å². The Morgan fingerprint density at radius 1 is 1.25 bits per heavy atom. The minimum Gasteiger partial charge on any atom is -0.467 e. The van der Waals surface area contributed by atoms with Gasteiger partial charge in [-0.05, 0) is 17.9 Å². The first-order chi connectivity index (χ1) is 9.45. The Morgan fingerprint density at radius 2 is 1.85 bits per heavy atom. The topological polar surface area (TPSA) is 55.4 Å². The number of hydrogen-bond acceptors (Lipinski definition) is 3. The molecule has 0 aliphatic rings. The lowest BCUT2D eigenvalue weighted by molar-refractivity contribution is -0.145. The Balaban J connectivity index is 2.72. The summed E-state index contributed by atoms with van der Waals surface area (Å²) >= 11 is 3.35. The minimum atomic E-state index is -0.615. The summed E-state index contributed by atoms with van der Waals surface area (Å²) in [7, 11) is 1.32. The van der Waals surface area contributed by atoms with Crippen LogP contribution in [0, 0.1) is 5.92 Å². The molecule has 1 amide bonds. The van der Waals surface area contributed by atoms with Gasteiger partial charge in [0.2, 0.25) is 5.91 Å². The van der Waals surface area contributed by atoms with Crippen LogP contribution < -0.4 is 5.32 Å². The summed E-state index contributed by atoms with van der Waals surface area (Å²) in [6, 6.07) is 8.71. The van der Waals surface area contributed by atoms with Gasteiger partial charge in [0.1, 0.15) is 10.9 Å². The zero-order valence-corrected chi connectivity index (χ0v) is 13.5. The van der Waals surface area contributed by atoms with Crippen molar-refractivity contribution >= 4 is 27.8 Å². The molecule has 0 heterocycles. The van der Waals surface area contributed by atoms with Crippen LogP contribution in [0.1, 0.15) is 30.7 Å². The second-order valence-electron chi connectivity index (χ2n) is 4.99. The van der Waals surface area contributed by atoms with E-state index in [-0.39, 0.29) is 11.8 Å². The van der Waals surface area contributed by atoms with Crippen LogP contribution in [-0.4, -0.2) is 25.0 Å². The van der Waals surface area contributed by atoms with E-state index in [1.165, 1.54) is 7.11 Å². The number of methoxy groups -OCH3 is 1. The minimum absolute atomic E-state index is 0.243. The van der Waals surface area contributed by atoms with E-state index in [2.05, 4.69) is 21.2 Å². The van der Waals surface area contributed by atoms with Gasteiger partial charge in [0.05, 0.1) is 7.11 Å². The highest BCUT2D eigenvalue weighted by atomic mass is 79.9. The highest BCUT2D eigenvalue weighted by Crippen LogP contribution is 2.23. The molecule has 110 valence electrons. The predicted octanol–water partition coefficient (Wildman–Crippen LogP) is 2.83. The van der Waals surface area contributed by atoms with E-state index in [1.807, 2.05) is 44.2 Å². The van der Waals surface area contributed by atoms with E-state index in [9.17, 15) is 9.59 Å². The molecule has 1 aromatic carbocycles. The number of amides is 1. The molecule has 0 saturated heterocycles. The summed E-state index contributed by atoms with van der Waals surface area (Å²) in [6.07, 6.45) is 0.549. The maximum absolute atomic E-state index is 12.2. The fraction of sp³-hybridized carbons (Fsp3) is 0.467. The number of nitrogens with one attached hydrogen (secondary N) is 1. The molecule has 1 aromatic rings. The first-order valence-corrected chi connectivity index (χ1v) is 7.44. The molecule has 1 unspecified atom stereocenters. The standard InChI is InChI=1S/C15H20BrNO3/c1-10(2)9-12(15(19)20-3)17-14(18)13(16)11-7-5-4-6-8-11/h4-8,10,12-13H,9H2,1-3H3,(H,17,18)/t12-,13?/m0/s1. The third-order valence-corrected chi connectivity index (χ3v) is 3.78. The number of esters is 1. The molecule has 0 radical (unpaired) electrons. The van der Waals surface area contributed by atoms with Gasteiger partial charge in [-0.3, -0.25) is 4.79 Å². The lowest BCUT2D eigenvalue weighted by atomic mass is 10.0. The van der Waals surface area contributed by atoms with Crippen molar-refractivity contribution in [1.29, 1.82) is 0 Å². The van der Waals surface area contributed by atoms with Crippen molar-refractivity contribution in [2.75, 3.05) is 7.11 Å². The van der Waals surface area contributed by atoms with E-state index in [1.54, 1.807) is 0 Å². The van der Waals surface area contributed by atoms with Crippen LogP contribution in [0.25, 0.3) is 0 Å². The van der Waals surface area contributed by atoms with Crippen molar-refractivity contribution in [1.82, 2.24) is 5.32 Å². The second-order valence-corrected chi connectivity index (χ2v) is 5.90. The Kier molecular flexibility index (Phi) is 6.71. The molecule has 1 rings (SSSR count). The lowest BCUT2D eigenvalue weighted by Crippen LogP contribution is -2.43. The fourth-order valence-electron chi connectivity index (χ4n) is 1.85. The smallest absolute Gasteiger partial charge is 0.328 e. The average Bonchev–Trinajstić information content (AvgIpc) is 2.45. The molecule has 4 nitrogen and oxygen atoms in total. The monoisotopic (exact) mass is 341 g/mol. The molecule has 0 aliphatic heterocycles. The summed E-state index contributed by atoms with van der Waals surface area (Å²) < 4.78 is 4.73. The average molecular weight is 342 g/mol. The van der Waals surface area contributed by atoms with E-state index in [0.29, 0.717) is 6.42 Å². The number of alkyl halides is 1. The molecule has 0 aliphatic carbocycles. The Bertz CT molecular complexity index is 448. The molecule has 20 heavy (non-hydrogen) atoms. The second kappa shape index (κ2) is 8.04. The van der Waals surface area contributed by atoms with Crippen molar-refractivity contribution in [2.45, 2.75) is 31.1 Å². The van der Waals surface area contributed by atoms with E-state index < -0.39 is 16.8 Å². The molecule has 1 N–H and O–H groups in total. The zero-order valence-electron chi connectivity index (χ0n) is 11.9. The fourth-order valence-corrected chi connectivity index (χ4v) is 2.28. The van der Waals surface area contributed by atoms with Crippen molar-refractivity contribution in [3.63, 3.8) is 0 Å². The molecule has 2 atom stereocenters.